The van der Waals surface area contributed by atoms with Gasteiger partial charge in [-0.2, -0.15) is 0 Å². The van der Waals surface area contributed by atoms with Crippen LogP contribution < -0.4 is 9.47 Å². The van der Waals surface area contributed by atoms with Crippen molar-refractivity contribution in [3.8, 4) is 17.2 Å². The molecule has 0 spiro atoms. The van der Waals surface area contributed by atoms with Gasteiger partial charge in [-0.25, -0.2) is 0 Å². The summed E-state index contributed by atoms with van der Waals surface area (Å²) >= 11 is 0. The molecule has 0 atom stereocenters. The van der Waals surface area contributed by atoms with E-state index in [9.17, 15) is 5.11 Å². The summed E-state index contributed by atoms with van der Waals surface area (Å²) in [6.45, 7) is 1.89. The maximum absolute atomic E-state index is 9.59. The largest absolute Gasteiger partial charge is 0.507 e. The van der Waals surface area contributed by atoms with Gasteiger partial charge < -0.3 is 14.6 Å². The molecule has 0 radical (unpaired) electrons. The van der Waals surface area contributed by atoms with Gasteiger partial charge in [0.2, 0.25) is 0 Å². The Kier molecular flexibility index (Phi) is 3.40. The van der Waals surface area contributed by atoms with E-state index in [1.54, 1.807) is 19.3 Å². The van der Waals surface area contributed by atoms with Crippen LogP contribution in [-0.4, -0.2) is 19.3 Å². The molecule has 3 heteroatoms. The molecule has 0 amide bonds. The Hall–Kier alpha value is -1.64. The molecule has 0 aliphatic carbocycles. The molecule has 0 aliphatic rings. The molecule has 1 N–H and O–H groups in total. The SMILES string of the molecule is C/C=C/c1cc(OC)c(OC)cc1O. The van der Waals surface area contributed by atoms with Gasteiger partial charge in [0.15, 0.2) is 11.5 Å². The van der Waals surface area contributed by atoms with Crippen molar-refractivity contribution in [2.24, 2.45) is 0 Å². The zero-order valence-corrected chi connectivity index (χ0v) is 8.57. The van der Waals surface area contributed by atoms with Crippen LogP contribution in [0, 0.1) is 0 Å². The Bertz CT molecular complexity index is 343. The van der Waals surface area contributed by atoms with Gasteiger partial charge in [-0.05, 0) is 13.0 Å². The third kappa shape index (κ3) is 1.99. The van der Waals surface area contributed by atoms with Gasteiger partial charge in [0.25, 0.3) is 0 Å². The molecule has 1 aromatic rings. The summed E-state index contributed by atoms with van der Waals surface area (Å²) in [6.07, 6.45) is 3.65. The lowest BCUT2D eigenvalue weighted by Gasteiger charge is -2.09. The average molecular weight is 194 g/mol. The summed E-state index contributed by atoms with van der Waals surface area (Å²) in [7, 11) is 3.10. The number of phenols is 1. The summed E-state index contributed by atoms with van der Waals surface area (Å²) in [5, 5.41) is 9.59. The molecular weight excluding hydrogens is 180 g/mol. The van der Waals surface area contributed by atoms with E-state index in [1.807, 2.05) is 13.0 Å². The van der Waals surface area contributed by atoms with E-state index in [-0.39, 0.29) is 5.75 Å². The maximum Gasteiger partial charge on any atom is 0.164 e. The second kappa shape index (κ2) is 4.56. The lowest BCUT2D eigenvalue weighted by molar-refractivity contribution is 0.351. The fourth-order valence-electron chi connectivity index (χ4n) is 1.20. The molecule has 76 valence electrons. The van der Waals surface area contributed by atoms with Gasteiger partial charge in [0, 0.05) is 11.6 Å². The van der Waals surface area contributed by atoms with Crippen LogP contribution in [0.3, 0.4) is 0 Å². The molecule has 0 fully saturated rings. The molecule has 0 bridgehead atoms. The molecule has 0 aromatic heterocycles. The third-order valence-corrected chi connectivity index (χ3v) is 1.88. The van der Waals surface area contributed by atoms with Gasteiger partial charge in [0.1, 0.15) is 5.75 Å². The Morgan fingerprint density at radius 1 is 1.14 bits per heavy atom. The van der Waals surface area contributed by atoms with Crippen molar-refractivity contribution in [3.05, 3.63) is 23.8 Å². The number of allylic oxidation sites excluding steroid dienone is 1. The zero-order valence-electron chi connectivity index (χ0n) is 8.57. The Balaban J connectivity index is 3.23. The van der Waals surface area contributed by atoms with E-state index >= 15 is 0 Å². The first-order valence-corrected chi connectivity index (χ1v) is 4.30. The average Bonchev–Trinajstić information content (AvgIpc) is 2.20. The first kappa shape index (κ1) is 10.4. The number of aromatic hydroxyl groups is 1. The van der Waals surface area contributed by atoms with Crippen molar-refractivity contribution in [1.82, 2.24) is 0 Å². The van der Waals surface area contributed by atoms with Crippen LogP contribution in [0.1, 0.15) is 12.5 Å². The van der Waals surface area contributed by atoms with Crippen molar-refractivity contribution >= 4 is 6.08 Å². The van der Waals surface area contributed by atoms with Crippen LogP contribution >= 0.6 is 0 Å². The number of hydrogen-bond donors (Lipinski definition) is 1. The molecule has 0 saturated heterocycles. The number of benzene rings is 1. The smallest absolute Gasteiger partial charge is 0.164 e. The number of phenolic OH excluding ortho intramolecular Hbond substituents is 1. The van der Waals surface area contributed by atoms with E-state index in [1.165, 1.54) is 13.2 Å². The molecule has 3 nitrogen and oxygen atoms in total. The topological polar surface area (TPSA) is 38.7 Å². The highest BCUT2D eigenvalue weighted by molar-refractivity contribution is 5.62. The van der Waals surface area contributed by atoms with Gasteiger partial charge >= 0.3 is 0 Å². The van der Waals surface area contributed by atoms with Gasteiger partial charge in [-0.3, -0.25) is 0 Å². The summed E-state index contributed by atoms with van der Waals surface area (Å²) < 4.78 is 10.1. The molecule has 14 heavy (non-hydrogen) atoms. The molecule has 1 aromatic carbocycles. The van der Waals surface area contributed by atoms with Gasteiger partial charge in [-0.1, -0.05) is 12.2 Å². The lowest BCUT2D eigenvalue weighted by atomic mass is 10.1. The first-order valence-electron chi connectivity index (χ1n) is 4.30. The minimum atomic E-state index is 0.181. The normalized spacial score (nSPS) is 10.5. The minimum absolute atomic E-state index is 0.181. The quantitative estimate of drug-likeness (QED) is 0.803. The lowest BCUT2D eigenvalue weighted by Crippen LogP contribution is -1.91. The fraction of sp³-hybridized carbons (Fsp3) is 0.273. The third-order valence-electron chi connectivity index (χ3n) is 1.88. The first-order chi connectivity index (χ1) is 6.72. The predicted molar refractivity (Wildman–Crippen MR) is 55.9 cm³/mol. The standard InChI is InChI=1S/C11H14O3/c1-4-5-8-6-10(13-2)11(14-3)7-9(8)12/h4-7,12H,1-3H3/b5-4+. The highest BCUT2D eigenvalue weighted by Crippen LogP contribution is 2.34. The summed E-state index contributed by atoms with van der Waals surface area (Å²) in [5.74, 6) is 1.32. The number of hydrogen-bond acceptors (Lipinski definition) is 3. The van der Waals surface area contributed by atoms with Crippen molar-refractivity contribution in [2.75, 3.05) is 14.2 Å². The number of ether oxygens (including phenoxy) is 2. The summed E-state index contributed by atoms with van der Waals surface area (Å²) in [6, 6.07) is 3.27. The van der Waals surface area contributed by atoms with Gasteiger partial charge in [-0.15, -0.1) is 0 Å². The van der Waals surface area contributed by atoms with Crippen LogP contribution in [0.5, 0.6) is 17.2 Å². The molecule has 0 unspecified atom stereocenters. The van der Waals surface area contributed by atoms with E-state index in [0.29, 0.717) is 17.1 Å². The second-order valence-electron chi connectivity index (χ2n) is 2.77. The van der Waals surface area contributed by atoms with Gasteiger partial charge in [0.05, 0.1) is 14.2 Å². The van der Waals surface area contributed by atoms with Crippen molar-refractivity contribution < 1.29 is 14.6 Å². The summed E-state index contributed by atoms with van der Waals surface area (Å²) in [5.41, 5.74) is 0.713. The van der Waals surface area contributed by atoms with E-state index in [0.717, 1.165) is 0 Å². The minimum Gasteiger partial charge on any atom is -0.507 e. The summed E-state index contributed by atoms with van der Waals surface area (Å²) in [4.78, 5) is 0. The molecular formula is C11H14O3. The Morgan fingerprint density at radius 3 is 2.21 bits per heavy atom. The Labute approximate surface area is 83.6 Å². The highest BCUT2D eigenvalue weighted by Gasteiger charge is 2.07. The van der Waals surface area contributed by atoms with E-state index < -0.39 is 0 Å². The molecule has 1 rings (SSSR count). The number of rotatable bonds is 3. The molecule has 0 aliphatic heterocycles. The van der Waals surface area contributed by atoms with E-state index in [4.69, 9.17) is 9.47 Å². The highest BCUT2D eigenvalue weighted by atomic mass is 16.5. The molecule has 0 saturated carbocycles. The van der Waals surface area contributed by atoms with Crippen LogP contribution in [-0.2, 0) is 0 Å². The molecule has 0 heterocycles. The fourth-order valence-corrected chi connectivity index (χ4v) is 1.20. The van der Waals surface area contributed by atoms with Crippen LogP contribution in [0.4, 0.5) is 0 Å². The number of methoxy groups -OCH3 is 2. The van der Waals surface area contributed by atoms with E-state index in [2.05, 4.69) is 0 Å². The zero-order chi connectivity index (χ0) is 10.6. The van der Waals surface area contributed by atoms with Crippen LogP contribution in [0.15, 0.2) is 18.2 Å². The second-order valence-corrected chi connectivity index (χ2v) is 2.77. The van der Waals surface area contributed by atoms with Crippen molar-refractivity contribution in [1.29, 1.82) is 0 Å². The van der Waals surface area contributed by atoms with Crippen LogP contribution in [0.25, 0.3) is 6.08 Å². The Morgan fingerprint density at radius 2 is 1.71 bits per heavy atom. The van der Waals surface area contributed by atoms with Crippen molar-refractivity contribution in [2.45, 2.75) is 6.92 Å². The maximum atomic E-state index is 9.59. The predicted octanol–water partition coefficient (Wildman–Crippen LogP) is 2.44. The van der Waals surface area contributed by atoms with Crippen molar-refractivity contribution in [3.63, 3.8) is 0 Å². The monoisotopic (exact) mass is 194 g/mol. The van der Waals surface area contributed by atoms with Crippen LogP contribution in [0.2, 0.25) is 0 Å².